The van der Waals surface area contributed by atoms with E-state index in [4.69, 9.17) is 4.43 Å². The molecule has 4 aromatic rings. The van der Waals surface area contributed by atoms with Gasteiger partial charge in [0.25, 0.3) is 8.32 Å². The maximum absolute atomic E-state index is 6.99. The summed E-state index contributed by atoms with van der Waals surface area (Å²) in [6.07, 6.45) is 3.51. The first kappa shape index (κ1) is 23.6. The summed E-state index contributed by atoms with van der Waals surface area (Å²) < 4.78 is 6.99. The lowest BCUT2D eigenvalue weighted by molar-refractivity contribution is 0.496. The zero-order valence-corrected chi connectivity index (χ0v) is 22.4. The van der Waals surface area contributed by atoms with Gasteiger partial charge >= 0.3 is 0 Å². The van der Waals surface area contributed by atoms with E-state index in [1.807, 2.05) is 0 Å². The lowest BCUT2D eigenvalue weighted by atomic mass is 9.89. The Morgan fingerprint density at radius 2 is 1.55 bits per heavy atom. The molecule has 0 atom stereocenters. The minimum Gasteiger partial charge on any atom is -0.543 e. The van der Waals surface area contributed by atoms with Crippen LogP contribution in [0, 0.1) is 6.92 Å². The molecule has 4 rings (SSSR count). The molecule has 0 saturated heterocycles. The first-order valence-corrected chi connectivity index (χ1v) is 15.3. The smallest absolute Gasteiger partial charge is 0.250 e. The molecule has 172 valence electrons. The minimum atomic E-state index is -2.00. The number of rotatable bonds is 6. The van der Waals surface area contributed by atoms with Gasteiger partial charge in [0.05, 0.1) is 0 Å². The Bertz CT molecular complexity index is 1290. The maximum Gasteiger partial charge on any atom is 0.250 e. The summed E-state index contributed by atoms with van der Waals surface area (Å²) in [4.78, 5) is 0. The van der Waals surface area contributed by atoms with Crippen LogP contribution in [0.3, 0.4) is 0 Å². The molecule has 33 heavy (non-hydrogen) atoms. The highest BCUT2D eigenvalue weighted by atomic mass is 28.4. The summed E-state index contributed by atoms with van der Waals surface area (Å²) in [5, 5.41) is 5.34. The average molecular weight is 455 g/mol. The highest BCUT2D eigenvalue weighted by Gasteiger charge is 2.39. The van der Waals surface area contributed by atoms with Crippen molar-refractivity contribution in [2.75, 3.05) is 0 Å². The predicted molar refractivity (Wildman–Crippen MR) is 148 cm³/mol. The summed E-state index contributed by atoms with van der Waals surface area (Å²) in [5.74, 6) is 1.04. The summed E-state index contributed by atoms with van der Waals surface area (Å²) in [7, 11) is -2.00. The zero-order chi connectivity index (χ0) is 23.8. The van der Waals surface area contributed by atoms with Crippen LogP contribution in [0.1, 0.15) is 51.7 Å². The van der Waals surface area contributed by atoms with Crippen LogP contribution in [-0.4, -0.2) is 8.32 Å². The molecule has 0 radical (unpaired) electrons. The van der Waals surface area contributed by atoms with Gasteiger partial charge < -0.3 is 4.43 Å². The van der Waals surface area contributed by atoms with Crippen LogP contribution in [0.25, 0.3) is 32.7 Å². The molecule has 0 N–H and O–H groups in total. The number of aryl methyl sites for hydroxylation is 2. The van der Waals surface area contributed by atoms with Crippen molar-refractivity contribution >= 4 is 29.9 Å². The molecule has 0 amide bonds. The zero-order valence-electron chi connectivity index (χ0n) is 21.4. The fraction of sp³-hybridized carbons (Fsp3) is 0.355. The molecule has 0 saturated carbocycles. The third kappa shape index (κ3) is 4.59. The van der Waals surface area contributed by atoms with E-state index in [-0.39, 0.29) is 5.04 Å². The van der Waals surface area contributed by atoms with Gasteiger partial charge in [-0.2, -0.15) is 0 Å². The SMILES string of the molecule is CCCCc1ccc(O[Si](C)(C)C(C)(C)C)c2c(-c3cccc4ccccc34)cc(C)cc12. The van der Waals surface area contributed by atoms with E-state index in [2.05, 4.69) is 114 Å². The van der Waals surface area contributed by atoms with Gasteiger partial charge in [-0.3, -0.25) is 0 Å². The molecule has 2 heteroatoms. The quantitative estimate of drug-likeness (QED) is 0.263. The molecule has 1 nitrogen and oxygen atoms in total. The lowest BCUT2D eigenvalue weighted by Crippen LogP contribution is -2.43. The van der Waals surface area contributed by atoms with Crippen molar-refractivity contribution in [2.45, 2.75) is 72.0 Å². The van der Waals surface area contributed by atoms with Gasteiger partial charge in [-0.25, -0.2) is 0 Å². The Labute approximate surface area is 200 Å². The van der Waals surface area contributed by atoms with Gasteiger partial charge in [-0.15, -0.1) is 0 Å². The summed E-state index contributed by atoms with van der Waals surface area (Å²) in [5.41, 5.74) is 5.30. The largest absolute Gasteiger partial charge is 0.543 e. The summed E-state index contributed by atoms with van der Waals surface area (Å²) in [6.45, 7) is 16.1. The Balaban J connectivity index is 2.05. The molecular formula is C31H38OSi. The standard InChI is InChI=1S/C31H38OSi/c1-8-9-13-24-18-19-29(32-33(6,7)31(3,4)5)30-27(24)20-22(2)21-28(30)26-17-12-15-23-14-10-11-16-25(23)26/h10-12,14-21H,8-9,13H2,1-7H3. The van der Waals surface area contributed by atoms with E-state index in [0.29, 0.717) is 0 Å². The van der Waals surface area contributed by atoms with Crippen molar-refractivity contribution in [1.82, 2.24) is 0 Å². The van der Waals surface area contributed by atoms with Crippen molar-refractivity contribution in [3.05, 3.63) is 77.9 Å². The van der Waals surface area contributed by atoms with Crippen LogP contribution in [0.4, 0.5) is 0 Å². The predicted octanol–water partition coefficient (Wildman–Crippen LogP) is 9.70. The first-order valence-electron chi connectivity index (χ1n) is 12.4. The number of unbranched alkanes of at least 4 members (excludes halogenated alkanes) is 1. The Hall–Kier alpha value is -2.58. The van der Waals surface area contributed by atoms with Crippen LogP contribution in [-0.2, 0) is 6.42 Å². The summed E-state index contributed by atoms with van der Waals surface area (Å²) >= 11 is 0. The lowest BCUT2D eigenvalue weighted by Gasteiger charge is -2.37. The van der Waals surface area contributed by atoms with Crippen LogP contribution in [0.15, 0.2) is 66.7 Å². The van der Waals surface area contributed by atoms with E-state index in [1.54, 1.807) is 0 Å². The van der Waals surface area contributed by atoms with Crippen molar-refractivity contribution in [3.63, 3.8) is 0 Å². The van der Waals surface area contributed by atoms with Crippen molar-refractivity contribution in [2.24, 2.45) is 0 Å². The molecule has 0 aliphatic rings. The van der Waals surface area contributed by atoms with Gasteiger partial charge in [0.15, 0.2) is 0 Å². The molecule has 0 bridgehead atoms. The van der Waals surface area contributed by atoms with Crippen molar-refractivity contribution < 1.29 is 4.43 Å². The molecule has 0 aromatic heterocycles. The normalized spacial score (nSPS) is 12.5. The fourth-order valence-corrected chi connectivity index (χ4v) is 5.45. The van der Waals surface area contributed by atoms with Gasteiger partial charge in [0.2, 0.25) is 0 Å². The molecule has 4 aromatic carbocycles. The molecule has 0 aliphatic heterocycles. The average Bonchev–Trinajstić information content (AvgIpc) is 2.76. The van der Waals surface area contributed by atoms with Crippen LogP contribution < -0.4 is 4.43 Å². The Kier molecular flexibility index (Phi) is 6.42. The number of hydrogen-bond acceptors (Lipinski definition) is 1. The molecule has 0 fully saturated rings. The van der Waals surface area contributed by atoms with E-state index < -0.39 is 8.32 Å². The topological polar surface area (TPSA) is 9.23 Å². The van der Waals surface area contributed by atoms with Crippen LogP contribution >= 0.6 is 0 Å². The molecule has 0 spiro atoms. The maximum atomic E-state index is 6.99. The number of hydrogen-bond donors (Lipinski definition) is 0. The van der Waals surface area contributed by atoms with Gasteiger partial charge in [-0.1, -0.05) is 94.8 Å². The third-order valence-corrected chi connectivity index (χ3v) is 11.7. The van der Waals surface area contributed by atoms with Crippen molar-refractivity contribution in [3.8, 4) is 16.9 Å². The van der Waals surface area contributed by atoms with Gasteiger partial charge in [-0.05, 0) is 82.4 Å². The van der Waals surface area contributed by atoms with Gasteiger partial charge in [0.1, 0.15) is 5.75 Å². The second-order valence-electron chi connectivity index (χ2n) is 11.0. The Morgan fingerprint density at radius 3 is 2.27 bits per heavy atom. The Morgan fingerprint density at radius 1 is 0.818 bits per heavy atom. The molecule has 0 heterocycles. The fourth-order valence-electron chi connectivity index (χ4n) is 4.43. The molecule has 0 aliphatic carbocycles. The molecule has 0 unspecified atom stereocenters. The number of benzene rings is 4. The van der Waals surface area contributed by atoms with E-state index in [1.165, 1.54) is 56.6 Å². The van der Waals surface area contributed by atoms with E-state index in [9.17, 15) is 0 Å². The van der Waals surface area contributed by atoms with Crippen molar-refractivity contribution in [1.29, 1.82) is 0 Å². The number of fused-ring (bicyclic) bond motifs is 2. The minimum absolute atomic E-state index is 0.143. The van der Waals surface area contributed by atoms with E-state index >= 15 is 0 Å². The second-order valence-corrected chi connectivity index (χ2v) is 15.7. The second kappa shape index (κ2) is 8.99. The molecular weight excluding hydrogens is 416 g/mol. The first-order chi connectivity index (χ1) is 15.6. The van der Waals surface area contributed by atoms with Crippen LogP contribution in [0.2, 0.25) is 18.1 Å². The third-order valence-electron chi connectivity index (χ3n) is 7.36. The highest BCUT2D eigenvalue weighted by Crippen LogP contribution is 2.44. The highest BCUT2D eigenvalue weighted by molar-refractivity contribution is 6.74. The monoisotopic (exact) mass is 454 g/mol. The summed E-state index contributed by atoms with van der Waals surface area (Å²) in [6, 6.07) is 24.6. The van der Waals surface area contributed by atoms with E-state index in [0.717, 1.165) is 12.2 Å². The van der Waals surface area contributed by atoms with Crippen LogP contribution in [0.5, 0.6) is 5.75 Å². The van der Waals surface area contributed by atoms with Gasteiger partial charge in [0, 0.05) is 5.39 Å².